The van der Waals surface area contributed by atoms with Gasteiger partial charge in [-0.25, -0.2) is 0 Å². The highest BCUT2D eigenvalue weighted by Gasteiger charge is 2.52. The molecule has 8 aromatic rings. The molecular formula is C53H39N. The van der Waals surface area contributed by atoms with Crippen LogP contribution in [0.3, 0.4) is 0 Å². The van der Waals surface area contributed by atoms with E-state index in [1.165, 1.54) is 96.4 Å². The molecule has 0 saturated carbocycles. The molecule has 1 spiro atoms. The average molecular weight is 690 g/mol. The van der Waals surface area contributed by atoms with E-state index in [2.05, 4.69) is 193 Å². The van der Waals surface area contributed by atoms with Crippen molar-refractivity contribution in [1.29, 1.82) is 0 Å². The Labute approximate surface area is 317 Å². The van der Waals surface area contributed by atoms with Crippen molar-refractivity contribution in [3.05, 3.63) is 221 Å². The molecule has 1 nitrogen and oxygen atoms in total. The zero-order valence-corrected chi connectivity index (χ0v) is 30.2. The molecule has 0 heterocycles. The van der Waals surface area contributed by atoms with Crippen molar-refractivity contribution >= 4 is 17.1 Å². The lowest BCUT2D eigenvalue weighted by Gasteiger charge is -2.34. The number of benzene rings is 8. The molecule has 0 aliphatic heterocycles. The molecule has 54 heavy (non-hydrogen) atoms. The quantitative estimate of drug-likeness (QED) is 0.174. The van der Waals surface area contributed by atoms with Crippen LogP contribution in [0.15, 0.2) is 188 Å². The van der Waals surface area contributed by atoms with E-state index in [0.29, 0.717) is 0 Å². The van der Waals surface area contributed by atoms with Crippen LogP contribution in [0.1, 0.15) is 46.2 Å². The number of hydrogen-bond donors (Lipinski definition) is 0. The molecule has 0 saturated heterocycles. The van der Waals surface area contributed by atoms with Crippen molar-refractivity contribution in [1.82, 2.24) is 0 Å². The number of rotatable bonds is 5. The van der Waals surface area contributed by atoms with Crippen LogP contribution in [0.25, 0.3) is 44.5 Å². The van der Waals surface area contributed by atoms with Crippen molar-refractivity contribution in [3.8, 4) is 44.5 Å². The highest BCUT2D eigenvalue weighted by Crippen LogP contribution is 2.64. The number of para-hydroxylation sites is 1. The van der Waals surface area contributed by atoms with Crippen LogP contribution in [0.4, 0.5) is 17.1 Å². The summed E-state index contributed by atoms with van der Waals surface area (Å²) in [6, 6.07) is 70.4. The van der Waals surface area contributed by atoms with Crippen LogP contribution in [-0.4, -0.2) is 0 Å². The summed E-state index contributed by atoms with van der Waals surface area (Å²) < 4.78 is 0. The number of nitrogens with zero attached hydrogens (tertiary/aromatic N) is 1. The van der Waals surface area contributed by atoms with Gasteiger partial charge in [0.25, 0.3) is 0 Å². The molecule has 11 rings (SSSR count). The predicted octanol–water partition coefficient (Wildman–Crippen LogP) is 13.7. The molecule has 0 bridgehead atoms. The number of fused-ring (bicyclic) bond motifs is 11. The molecule has 256 valence electrons. The number of hydrogen-bond acceptors (Lipinski definition) is 1. The third-order valence-electron chi connectivity index (χ3n) is 12.3. The third kappa shape index (κ3) is 4.51. The fourth-order valence-electron chi connectivity index (χ4n) is 10.00. The second-order valence-electron chi connectivity index (χ2n) is 15.0. The minimum Gasteiger partial charge on any atom is -0.310 e. The monoisotopic (exact) mass is 689 g/mol. The molecule has 0 radical (unpaired) electrons. The van der Waals surface area contributed by atoms with Gasteiger partial charge in [0, 0.05) is 16.9 Å². The highest BCUT2D eigenvalue weighted by molar-refractivity contribution is 6.00. The topological polar surface area (TPSA) is 3.24 Å². The maximum absolute atomic E-state index is 2.57. The Balaban J connectivity index is 1.24. The van der Waals surface area contributed by atoms with E-state index in [0.717, 1.165) is 24.2 Å². The van der Waals surface area contributed by atoms with Crippen LogP contribution >= 0.6 is 0 Å². The molecule has 0 unspecified atom stereocenters. The lowest BCUT2D eigenvalue weighted by Crippen LogP contribution is -2.26. The van der Waals surface area contributed by atoms with Gasteiger partial charge in [-0.15, -0.1) is 0 Å². The first kappa shape index (κ1) is 31.1. The van der Waals surface area contributed by atoms with Crippen LogP contribution in [0.5, 0.6) is 0 Å². The van der Waals surface area contributed by atoms with Crippen LogP contribution in [0, 0.1) is 0 Å². The van der Waals surface area contributed by atoms with Crippen LogP contribution < -0.4 is 4.90 Å². The number of aryl methyl sites for hydroxylation is 1. The molecule has 8 aromatic carbocycles. The minimum absolute atomic E-state index is 0.429. The van der Waals surface area contributed by atoms with Crippen molar-refractivity contribution in [3.63, 3.8) is 0 Å². The van der Waals surface area contributed by atoms with Gasteiger partial charge in [-0.05, 0) is 134 Å². The summed E-state index contributed by atoms with van der Waals surface area (Å²) in [6.45, 7) is 0. The van der Waals surface area contributed by atoms with Crippen molar-refractivity contribution < 1.29 is 0 Å². The standard InChI is InChI=1S/C53H39N/c1-3-16-36(17-4-1)37-30-32-40(33-31-37)54(39-20-5-2-6-21-39)52-35-51-46(34-47(52)42-26-15-19-38-18-7-8-22-41(38)42)45-25-11-14-29-50(45)53(51)48-27-12-9-23-43(48)44-24-10-13-28-49(44)53/h1-6,9-17,19-21,23-35H,7-8,18,22H2. The zero-order valence-electron chi connectivity index (χ0n) is 30.2. The van der Waals surface area contributed by atoms with E-state index < -0.39 is 5.41 Å². The molecule has 0 fully saturated rings. The summed E-state index contributed by atoms with van der Waals surface area (Å²) in [5, 5.41) is 0. The van der Waals surface area contributed by atoms with Crippen LogP contribution in [0.2, 0.25) is 0 Å². The fraction of sp³-hybridized carbons (Fsp3) is 0.0943. The molecule has 0 amide bonds. The largest absolute Gasteiger partial charge is 0.310 e. The Bertz CT molecular complexity index is 2660. The lowest BCUT2D eigenvalue weighted by atomic mass is 9.70. The number of anilines is 3. The van der Waals surface area contributed by atoms with E-state index in [1.807, 2.05) is 0 Å². The molecule has 0 atom stereocenters. The smallest absolute Gasteiger partial charge is 0.0726 e. The lowest BCUT2D eigenvalue weighted by molar-refractivity contribution is 0.687. The van der Waals surface area contributed by atoms with E-state index in [4.69, 9.17) is 0 Å². The van der Waals surface area contributed by atoms with Crippen molar-refractivity contribution in [2.75, 3.05) is 4.90 Å². The van der Waals surface area contributed by atoms with E-state index in [1.54, 1.807) is 0 Å². The third-order valence-corrected chi connectivity index (χ3v) is 12.3. The second kappa shape index (κ2) is 12.3. The average Bonchev–Trinajstić information content (AvgIpc) is 3.71. The Morgan fingerprint density at radius 3 is 1.54 bits per heavy atom. The molecule has 0 aromatic heterocycles. The van der Waals surface area contributed by atoms with Crippen molar-refractivity contribution in [2.24, 2.45) is 0 Å². The van der Waals surface area contributed by atoms with Gasteiger partial charge in [-0.1, -0.05) is 152 Å². The second-order valence-corrected chi connectivity index (χ2v) is 15.0. The fourth-order valence-corrected chi connectivity index (χ4v) is 10.00. The van der Waals surface area contributed by atoms with E-state index in [9.17, 15) is 0 Å². The maximum Gasteiger partial charge on any atom is 0.0726 e. The summed E-state index contributed by atoms with van der Waals surface area (Å²) in [5.41, 5.74) is 21.9. The molecule has 0 N–H and O–H groups in total. The van der Waals surface area contributed by atoms with Crippen molar-refractivity contribution in [2.45, 2.75) is 31.1 Å². The summed E-state index contributed by atoms with van der Waals surface area (Å²) in [6.07, 6.45) is 4.74. The Morgan fingerprint density at radius 1 is 0.352 bits per heavy atom. The van der Waals surface area contributed by atoms with Gasteiger partial charge in [0.05, 0.1) is 11.1 Å². The molecule has 3 aliphatic rings. The highest BCUT2D eigenvalue weighted by atomic mass is 15.1. The minimum atomic E-state index is -0.429. The summed E-state index contributed by atoms with van der Waals surface area (Å²) in [4.78, 5) is 2.51. The van der Waals surface area contributed by atoms with E-state index in [-0.39, 0.29) is 0 Å². The summed E-state index contributed by atoms with van der Waals surface area (Å²) in [5.74, 6) is 0. The Morgan fingerprint density at radius 2 is 0.870 bits per heavy atom. The van der Waals surface area contributed by atoms with Gasteiger partial charge in [-0.2, -0.15) is 0 Å². The first-order chi connectivity index (χ1) is 26.8. The SMILES string of the molecule is c1ccc(-c2ccc(N(c3ccccc3)c3cc4c(cc3-c3cccc5c3CCCC5)-c3ccccc3C43c4ccccc4-c4ccccc43)cc2)cc1. The van der Waals surface area contributed by atoms with Gasteiger partial charge in [0.15, 0.2) is 0 Å². The molecule has 1 heteroatoms. The molecular weight excluding hydrogens is 651 g/mol. The summed E-state index contributed by atoms with van der Waals surface area (Å²) >= 11 is 0. The maximum atomic E-state index is 2.57. The van der Waals surface area contributed by atoms with Gasteiger partial charge in [0.2, 0.25) is 0 Å². The van der Waals surface area contributed by atoms with Crippen LogP contribution in [-0.2, 0) is 18.3 Å². The van der Waals surface area contributed by atoms with Gasteiger partial charge < -0.3 is 4.90 Å². The first-order valence-corrected chi connectivity index (χ1v) is 19.4. The van der Waals surface area contributed by atoms with E-state index >= 15 is 0 Å². The van der Waals surface area contributed by atoms with Gasteiger partial charge in [-0.3, -0.25) is 0 Å². The summed E-state index contributed by atoms with van der Waals surface area (Å²) in [7, 11) is 0. The normalized spacial score (nSPS) is 14.1. The van der Waals surface area contributed by atoms with Gasteiger partial charge in [0.1, 0.15) is 0 Å². The first-order valence-electron chi connectivity index (χ1n) is 19.4. The Kier molecular flexibility index (Phi) is 7.10. The molecule has 3 aliphatic carbocycles. The van der Waals surface area contributed by atoms with Gasteiger partial charge >= 0.3 is 0 Å². The Hall–Kier alpha value is -6.44. The zero-order chi connectivity index (χ0) is 35.6. The predicted molar refractivity (Wildman–Crippen MR) is 225 cm³/mol.